The molecule has 2 nitrogen and oxygen atoms in total. The van der Waals surface area contributed by atoms with Crippen molar-refractivity contribution in [3.05, 3.63) is 48.6 Å². The number of hydrogen-bond donors (Lipinski definition) is 0. The van der Waals surface area contributed by atoms with E-state index in [4.69, 9.17) is 4.74 Å². The summed E-state index contributed by atoms with van der Waals surface area (Å²) in [7, 11) is 0. The summed E-state index contributed by atoms with van der Waals surface area (Å²) in [6, 6.07) is 9.01. The molecule has 0 fully saturated rings. The van der Waals surface area contributed by atoms with E-state index in [1.54, 1.807) is 18.2 Å². The van der Waals surface area contributed by atoms with Gasteiger partial charge in [-0.1, -0.05) is 44.7 Å². The zero-order valence-electron chi connectivity index (χ0n) is 9.85. The molecule has 0 spiro atoms. The van der Waals surface area contributed by atoms with Gasteiger partial charge in [0.25, 0.3) is 0 Å². The molecule has 0 unspecified atom stereocenters. The molecule has 0 aromatic heterocycles. The van der Waals surface area contributed by atoms with Gasteiger partial charge in [-0.2, -0.15) is 0 Å². The van der Waals surface area contributed by atoms with Crippen LogP contribution in [0.15, 0.2) is 43.0 Å². The number of esters is 1. The molecule has 2 heteroatoms. The highest BCUT2D eigenvalue weighted by atomic mass is 16.5. The zero-order valence-corrected chi connectivity index (χ0v) is 9.85. The predicted octanol–water partition coefficient (Wildman–Crippen LogP) is 3.44. The van der Waals surface area contributed by atoms with Gasteiger partial charge in [-0.25, -0.2) is 4.79 Å². The minimum atomic E-state index is -0.286. The molecule has 0 heterocycles. The molecule has 86 valence electrons. The molecule has 0 N–H and O–H groups in total. The third kappa shape index (κ3) is 3.89. The average Bonchev–Trinajstić information content (AvgIpc) is 2.28. The van der Waals surface area contributed by atoms with Gasteiger partial charge in [-0.15, -0.1) is 0 Å². The van der Waals surface area contributed by atoms with E-state index in [9.17, 15) is 4.79 Å². The Labute approximate surface area is 96.9 Å². The van der Waals surface area contributed by atoms with E-state index in [1.807, 2.05) is 18.2 Å². The number of carbonyl (C=O) groups excluding carboxylic acids is 1. The second-order valence-electron chi connectivity index (χ2n) is 4.18. The summed E-state index contributed by atoms with van der Waals surface area (Å²) in [4.78, 5) is 11.7. The Balaban J connectivity index is 2.59. The minimum Gasteiger partial charge on any atom is -0.455 e. The van der Waals surface area contributed by atoms with Crippen LogP contribution in [0.4, 0.5) is 0 Å². The van der Waals surface area contributed by atoms with Crippen LogP contribution in [-0.4, -0.2) is 12.1 Å². The molecule has 1 aromatic rings. The minimum absolute atomic E-state index is 0.201. The maximum atomic E-state index is 11.7. The summed E-state index contributed by atoms with van der Waals surface area (Å²) < 4.78 is 5.34. The monoisotopic (exact) mass is 218 g/mol. The summed E-state index contributed by atoms with van der Waals surface area (Å²) in [6.07, 6.45) is 2.29. The number of carbonyl (C=O) groups is 1. The molecule has 0 aliphatic rings. The second-order valence-corrected chi connectivity index (χ2v) is 4.18. The van der Waals surface area contributed by atoms with E-state index in [2.05, 4.69) is 20.4 Å². The Kier molecular flexibility index (Phi) is 4.77. The number of ether oxygens (including phenoxy) is 1. The molecular formula is C14H18O2. The van der Waals surface area contributed by atoms with Gasteiger partial charge < -0.3 is 4.74 Å². The second kappa shape index (κ2) is 6.11. The van der Waals surface area contributed by atoms with Crippen molar-refractivity contribution in [3.8, 4) is 0 Å². The highest BCUT2D eigenvalue weighted by molar-refractivity contribution is 5.89. The maximum Gasteiger partial charge on any atom is 0.338 e. The van der Waals surface area contributed by atoms with Gasteiger partial charge in [-0.3, -0.25) is 0 Å². The van der Waals surface area contributed by atoms with Crippen molar-refractivity contribution in [2.24, 2.45) is 5.92 Å². The van der Waals surface area contributed by atoms with E-state index < -0.39 is 0 Å². The lowest BCUT2D eigenvalue weighted by molar-refractivity contribution is 0.0360. The van der Waals surface area contributed by atoms with Gasteiger partial charge in [0.15, 0.2) is 0 Å². The zero-order chi connectivity index (χ0) is 12.0. The molecular weight excluding hydrogens is 200 g/mol. The van der Waals surface area contributed by atoms with E-state index in [0.29, 0.717) is 11.5 Å². The van der Waals surface area contributed by atoms with Crippen molar-refractivity contribution in [2.75, 3.05) is 0 Å². The maximum absolute atomic E-state index is 11.7. The van der Waals surface area contributed by atoms with Gasteiger partial charge >= 0.3 is 5.97 Å². The fourth-order valence-corrected chi connectivity index (χ4v) is 1.44. The smallest absolute Gasteiger partial charge is 0.338 e. The quantitative estimate of drug-likeness (QED) is 0.559. The molecule has 16 heavy (non-hydrogen) atoms. The van der Waals surface area contributed by atoms with Gasteiger partial charge in [-0.05, 0) is 24.5 Å². The Bertz CT molecular complexity index is 341. The lowest BCUT2D eigenvalue weighted by Gasteiger charge is -2.15. The number of benzene rings is 1. The first kappa shape index (κ1) is 12.5. The normalized spacial score (nSPS) is 12.2. The van der Waals surface area contributed by atoms with Gasteiger partial charge in [0.05, 0.1) is 5.56 Å². The predicted molar refractivity (Wildman–Crippen MR) is 65.3 cm³/mol. The summed E-state index contributed by atoms with van der Waals surface area (Å²) in [5.41, 5.74) is 0.582. The molecule has 0 aliphatic heterocycles. The van der Waals surface area contributed by atoms with Gasteiger partial charge in [0.2, 0.25) is 0 Å². The molecule has 0 amide bonds. The van der Waals surface area contributed by atoms with Crippen molar-refractivity contribution in [1.82, 2.24) is 0 Å². The first-order chi connectivity index (χ1) is 7.63. The molecule has 0 saturated heterocycles. The van der Waals surface area contributed by atoms with Crippen molar-refractivity contribution in [3.63, 3.8) is 0 Å². The van der Waals surface area contributed by atoms with Crippen LogP contribution in [0.2, 0.25) is 0 Å². The van der Waals surface area contributed by atoms with Crippen LogP contribution in [-0.2, 0) is 4.74 Å². The van der Waals surface area contributed by atoms with Gasteiger partial charge in [0, 0.05) is 0 Å². The lowest BCUT2D eigenvalue weighted by atomic mass is 10.1. The van der Waals surface area contributed by atoms with Crippen LogP contribution in [0.5, 0.6) is 0 Å². The van der Waals surface area contributed by atoms with E-state index >= 15 is 0 Å². The Morgan fingerprint density at radius 3 is 2.50 bits per heavy atom. The van der Waals surface area contributed by atoms with Crippen molar-refractivity contribution in [1.29, 1.82) is 0 Å². The third-order valence-electron chi connectivity index (χ3n) is 2.23. The number of rotatable bonds is 5. The standard InChI is InChI=1S/C14H18O2/c1-4-13(10-11(2)3)16-14(15)12-8-6-5-7-9-12/h4-9,11,13H,1,10H2,2-3H3/t13-/m1/s1. The van der Waals surface area contributed by atoms with Crippen LogP contribution in [0.3, 0.4) is 0 Å². The Morgan fingerprint density at radius 1 is 1.38 bits per heavy atom. The Hall–Kier alpha value is -1.57. The highest BCUT2D eigenvalue weighted by Crippen LogP contribution is 2.12. The van der Waals surface area contributed by atoms with E-state index in [1.165, 1.54) is 0 Å². The summed E-state index contributed by atoms with van der Waals surface area (Å²) in [6.45, 7) is 7.86. The molecule has 0 bridgehead atoms. The van der Waals surface area contributed by atoms with E-state index in [0.717, 1.165) is 6.42 Å². The lowest BCUT2D eigenvalue weighted by Crippen LogP contribution is -2.17. The largest absolute Gasteiger partial charge is 0.455 e. The highest BCUT2D eigenvalue weighted by Gasteiger charge is 2.13. The molecule has 1 rings (SSSR count). The molecule has 1 atom stereocenters. The van der Waals surface area contributed by atoms with Crippen LogP contribution >= 0.6 is 0 Å². The first-order valence-corrected chi connectivity index (χ1v) is 5.52. The average molecular weight is 218 g/mol. The summed E-state index contributed by atoms with van der Waals surface area (Å²) in [5, 5.41) is 0. The fourth-order valence-electron chi connectivity index (χ4n) is 1.44. The van der Waals surface area contributed by atoms with Crippen molar-refractivity contribution >= 4 is 5.97 Å². The summed E-state index contributed by atoms with van der Waals surface area (Å²) in [5.74, 6) is 0.192. The topological polar surface area (TPSA) is 26.3 Å². The molecule has 0 aliphatic carbocycles. The van der Waals surface area contributed by atoms with Crippen molar-refractivity contribution in [2.45, 2.75) is 26.4 Å². The summed E-state index contributed by atoms with van der Waals surface area (Å²) >= 11 is 0. The third-order valence-corrected chi connectivity index (χ3v) is 2.23. The fraction of sp³-hybridized carbons (Fsp3) is 0.357. The molecule has 1 aromatic carbocycles. The van der Waals surface area contributed by atoms with Crippen LogP contribution in [0.1, 0.15) is 30.6 Å². The SMILES string of the molecule is C=C[C@H](CC(C)C)OC(=O)c1ccccc1. The Morgan fingerprint density at radius 2 is 2.00 bits per heavy atom. The van der Waals surface area contributed by atoms with E-state index in [-0.39, 0.29) is 12.1 Å². The van der Waals surface area contributed by atoms with Crippen LogP contribution in [0.25, 0.3) is 0 Å². The number of hydrogen-bond acceptors (Lipinski definition) is 2. The van der Waals surface area contributed by atoms with Crippen LogP contribution < -0.4 is 0 Å². The van der Waals surface area contributed by atoms with Crippen molar-refractivity contribution < 1.29 is 9.53 Å². The van der Waals surface area contributed by atoms with Crippen LogP contribution in [0, 0.1) is 5.92 Å². The molecule has 0 radical (unpaired) electrons. The molecule has 0 saturated carbocycles. The van der Waals surface area contributed by atoms with Gasteiger partial charge in [0.1, 0.15) is 6.10 Å². The first-order valence-electron chi connectivity index (χ1n) is 5.52.